The van der Waals surface area contributed by atoms with Crippen LogP contribution in [-0.2, 0) is 11.2 Å². The average molecular weight is 411 g/mol. The zero-order valence-corrected chi connectivity index (χ0v) is 16.8. The first kappa shape index (κ1) is 20.8. The summed E-state index contributed by atoms with van der Waals surface area (Å²) in [5, 5.41) is 13.6. The van der Waals surface area contributed by atoms with Gasteiger partial charge in [-0.25, -0.2) is 4.98 Å². The van der Waals surface area contributed by atoms with Crippen LogP contribution in [-0.4, -0.2) is 30.0 Å². The summed E-state index contributed by atoms with van der Waals surface area (Å²) in [7, 11) is 3.12. The van der Waals surface area contributed by atoms with Gasteiger partial charge in [0, 0.05) is 31.0 Å². The molecule has 0 saturated heterocycles. The van der Waals surface area contributed by atoms with Gasteiger partial charge in [-0.15, -0.1) is 0 Å². The SMILES string of the molecule is COc1ccc(-c2cnc(CCC(=O)Nc3cc([N+](=O)[O-])ccc3C)o2)c(OC)c1. The maximum Gasteiger partial charge on any atom is 0.271 e. The van der Waals surface area contributed by atoms with Crippen LogP contribution < -0.4 is 14.8 Å². The monoisotopic (exact) mass is 411 g/mol. The van der Waals surface area contributed by atoms with Crippen LogP contribution in [0, 0.1) is 17.0 Å². The molecule has 9 nitrogen and oxygen atoms in total. The number of hydrogen-bond donors (Lipinski definition) is 1. The number of carbonyl (C=O) groups excluding carboxylic acids is 1. The van der Waals surface area contributed by atoms with Crippen molar-refractivity contribution >= 4 is 17.3 Å². The Morgan fingerprint density at radius 2 is 2.00 bits per heavy atom. The Kier molecular flexibility index (Phi) is 6.31. The number of rotatable bonds is 8. The summed E-state index contributed by atoms with van der Waals surface area (Å²) >= 11 is 0. The molecule has 0 bridgehead atoms. The van der Waals surface area contributed by atoms with E-state index in [9.17, 15) is 14.9 Å². The number of benzene rings is 2. The van der Waals surface area contributed by atoms with E-state index in [-0.39, 0.29) is 24.4 Å². The zero-order chi connectivity index (χ0) is 21.7. The Balaban J connectivity index is 1.65. The second-order valence-electron chi connectivity index (χ2n) is 6.49. The van der Waals surface area contributed by atoms with E-state index in [1.165, 1.54) is 12.1 Å². The Bertz CT molecular complexity index is 1080. The number of nitrogens with one attached hydrogen (secondary N) is 1. The minimum Gasteiger partial charge on any atom is -0.497 e. The molecule has 0 aliphatic rings. The third kappa shape index (κ3) is 4.75. The lowest BCUT2D eigenvalue weighted by Gasteiger charge is -2.08. The summed E-state index contributed by atoms with van der Waals surface area (Å²) < 4.78 is 16.3. The first-order valence-corrected chi connectivity index (χ1v) is 9.13. The van der Waals surface area contributed by atoms with Crippen molar-refractivity contribution in [2.75, 3.05) is 19.5 Å². The number of nitro benzene ring substituents is 1. The van der Waals surface area contributed by atoms with Gasteiger partial charge in [-0.05, 0) is 24.6 Å². The smallest absolute Gasteiger partial charge is 0.271 e. The van der Waals surface area contributed by atoms with Crippen molar-refractivity contribution in [3.8, 4) is 22.8 Å². The number of carbonyl (C=O) groups is 1. The van der Waals surface area contributed by atoms with Crippen molar-refractivity contribution in [1.82, 2.24) is 4.98 Å². The molecule has 0 atom stereocenters. The highest BCUT2D eigenvalue weighted by atomic mass is 16.6. The van der Waals surface area contributed by atoms with Gasteiger partial charge in [0.15, 0.2) is 11.7 Å². The normalized spacial score (nSPS) is 10.5. The van der Waals surface area contributed by atoms with E-state index in [0.29, 0.717) is 34.4 Å². The van der Waals surface area contributed by atoms with Crippen LogP contribution in [0.25, 0.3) is 11.3 Å². The van der Waals surface area contributed by atoms with Crippen LogP contribution in [0.15, 0.2) is 47.0 Å². The highest BCUT2D eigenvalue weighted by molar-refractivity contribution is 5.92. The van der Waals surface area contributed by atoms with E-state index in [4.69, 9.17) is 13.9 Å². The lowest BCUT2D eigenvalue weighted by atomic mass is 10.1. The van der Waals surface area contributed by atoms with Gasteiger partial charge >= 0.3 is 0 Å². The van der Waals surface area contributed by atoms with E-state index in [1.54, 1.807) is 51.6 Å². The fourth-order valence-corrected chi connectivity index (χ4v) is 2.84. The first-order valence-electron chi connectivity index (χ1n) is 9.13. The van der Waals surface area contributed by atoms with Crippen molar-refractivity contribution in [3.63, 3.8) is 0 Å². The molecule has 0 saturated carbocycles. The number of ether oxygens (including phenoxy) is 2. The van der Waals surface area contributed by atoms with Crippen LogP contribution in [0.3, 0.4) is 0 Å². The Morgan fingerprint density at radius 1 is 1.20 bits per heavy atom. The lowest BCUT2D eigenvalue weighted by Crippen LogP contribution is -2.13. The van der Waals surface area contributed by atoms with Crippen LogP contribution in [0.1, 0.15) is 17.9 Å². The van der Waals surface area contributed by atoms with Gasteiger partial charge in [-0.3, -0.25) is 14.9 Å². The van der Waals surface area contributed by atoms with Crippen molar-refractivity contribution < 1.29 is 23.6 Å². The lowest BCUT2D eigenvalue weighted by molar-refractivity contribution is -0.384. The van der Waals surface area contributed by atoms with Gasteiger partial charge in [0.05, 0.1) is 36.6 Å². The summed E-state index contributed by atoms with van der Waals surface area (Å²) in [4.78, 5) is 26.9. The molecule has 3 aromatic rings. The second-order valence-corrected chi connectivity index (χ2v) is 6.49. The number of hydrogen-bond acceptors (Lipinski definition) is 7. The minimum atomic E-state index is -0.503. The summed E-state index contributed by atoms with van der Waals surface area (Å²) in [6.07, 6.45) is 1.96. The molecular weight excluding hydrogens is 390 g/mol. The molecule has 30 heavy (non-hydrogen) atoms. The predicted octanol–water partition coefficient (Wildman–Crippen LogP) is 4.15. The maximum absolute atomic E-state index is 12.3. The standard InChI is InChI=1S/C21H21N3O6/c1-13-4-5-14(24(26)27)10-17(13)23-20(25)8-9-21-22-12-19(30-21)16-7-6-15(28-2)11-18(16)29-3/h4-7,10-12H,8-9H2,1-3H3,(H,23,25). The Hall–Kier alpha value is -3.88. The molecular formula is C21H21N3O6. The Labute approximate surface area is 172 Å². The summed E-state index contributed by atoms with van der Waals surface area (Å²) in [6.45, 7) is 1.77. The van der Waals surface area contributed by atoms with Crippen LogP contribution in [0.4, 0.5) is 11.4 Å². The quantitative estimate of drug-likeness (QED) is 0.437. The molecule has 2 aromatic carbocycles. The fourth-order valence-electron chi connectivity index (χ4n) is 2.84. The van der Waals surface area contributed by atoms with Gasteiger partial charge in [-0.2, -0.15) is 0 Å². The van der Waals surface area contributed by atoms with Gasteiger partial charge < -0.3 is 19.2 Å². The third-order valence-electron chi connectivity index (χ3n) is 4.50. The summed E-state index contributed by atoms with van der Waals surface area (Å²) in [5.74, 6) is 1.85. The maximum atomic E-state index is 12.3. The number of non-ortho nitro benzene ring substituents is 1. The fraction of sp³-hybridized carbons (Fsp3) is 0.238. The molecule has 1 amide bonds. The molecule has 156 valence electrons. The minimum absolute atomic E-state index is 0.0818. The van der Waals surface area contributed by atoms with Crippen LogP contribution >= 0.6 is 0 Å². The van der Waals surface area contributed by atoms with E-state index in [1.807, 2.05) is 0 Å². The summed E-state index contributed by atoms with van der Waals surface area (Å²) in [6, 6.07) is 9.66. The number of aryl methyl sites for hydroxylation is 2. The molecule has 9 heteroatoms. The summed E-state index contributed by atoms with van der Waals surface area (Å²) in [5.41, 5.74) is 1.78. The van der Waals surface area contributed by atoms with Crippen molar-refractivity contribution in [1.29, 1.82) is 0 Å². The van der Waals surface area contributed by atoms with Crippen LogP contribution in [0.5, 0.6) is 11.5 Å². The topological polar surface area (TPSA) is 117 Å². The number of nitro groups is 1. The number of methoxy groups -OCH3 is 2. The molecule has 0 spiro atoms. The molecule has 0 aliphatic carbocycles. The van der Waals surface area contributed by atoms with Gasteiger partial charge in [0.1, 0.15) is 11.5 Å². The van der Waals surface area contributed by atoms with Gasteiger partial charge in [-0.1, -0.05) is 6.07 Å². The highest BCUT2D eigenvalue weighted by Gasteiger charge is 2.15. The predicted molar refractivity (Wildman–Crippen MR) is 110 cm³/mol. The zero-order valence-electron chi connectivity index (χ0n) is 16.8. The van der Waals surface area contributed by atoms with E-state index in [2.05, 4.69) is 10.3 Å². The van der Waals surface area contributed by atoms with E-state index < -0.39 is 4.92 Å². The molecule has 0 fully saturated rings. The van der Waals surface area contributed by atoms with Gasteiger partial charge in [0.25, 0.3) is 5.69 Å². The first-order chi connectivity index (χ1) is 14.4. The van der Waals surface area contributed by atoms with Crippen molar-refractivity contribution in [3.05, 3.63) is 64.2 Å². The van der Waals surface area contributed by atoms with E-state index in [0.717, 1.165) is 5.56 Å². The van der Waals surface area contributed by atoms with E-state index >= 15 is 0 Å². The molecule has 1 heterocycles. The highest BCUT2D eigenvalue weighted by Crippen LogP contribution is 2.33. The number of anilines is 1. The van der Waals surface area contributed by atoms with Crippen molar-refractivity contribution in [2.45, 2.75) is 19.8 Å². The second kappa shape index (κ2) is 9.08. The average Bonchev–Trinajstić information content (AvgIpc) is 3.22. The molecule has 3 rings (SSSR count). The molecule has 0 radical (unpaired) electrons. The number of aromatic nitrogens is 1. The number of amides is 1. The molecule has 1 aromatic heterocycles. The van der Waals surface area contributed by atoms with Gasteiger partial charge in [0.2, 0.25) is 5.91 Å². The largest absolute Gasteiger partial charge is 0.497 e. The number of nitrogens with zero attached hydrogens (tertiary/aromatic N) is 2. The Morgan fingerprint density at radius 3 is 2.70 bits per heavy atom. The third-order valence-corrected chi connectivity index (χ3v) is 4.50. The van der Waals surface area contributed by atoms with Crippen LogP contribution in [0.2, 0.25) is 0 Å². The molecule has 0 unspecified atom stereocenters. The number of oxazole rings is 1. The van der Waals surface area contributed by atoms with Crippen molar-refractivity contribution in [2.24, 2.45) is 0 Å². The molecule has 1 N–H and O–H groups in total. The molecule has 0 aliphatic heterocycles.